The molecule has 0 saturated heterocycles. The number of ether oxygens (including phenoxy) is 1. The molecule has 1 rings (SSSR count). The molecule has 0 aliphatic carbocycles. The number of hydrogen-bond acceptors (Lipinski definition) is 3. The summed E-state index contributed by atoms with van der Waals surface area (Å²) in [5, 5.41) is 3.52. The largest absolute Gasteiger partial charge is 0.497 e. The zero-order chi connectivity index (χ0) is 15.0. The van der Waals surface area contributed by atoms with Gasteiger partial charge in [-0.1, -0.05) is 32.9 Å². The number of methoxy groups -OCH3 is 1. The van der Waals surface area contributed by atoms with Gasteiger partial charge in [-0.3, -0.25) is 0 Å². The van der Waals surface area contributed by atoms with Crippen LogP contribution in [-0.2, 0) is 6.54 Å². The average Bonchev–Trinajstić information content (AvgIpc) is 2.38. The minimum absolute atomic E-state index is 0.419. The van der Waals surface area contributed by atoms with Gasteiger partial charge in [0.05, 0.1) is 7.11 Å². The van der Waals surface area contributed by atoms with Crippen LogP contribution in [0, 0.1) is 5.41 Å². The predicted octanol–water partition coefficient (Wildman–Crippen LogP) is 3.15. The number of benzene rings is 1. The number of likely N-dealkylation sites (N-methyl/N-ethyl adjacent to an activating group) is 1. The van der Waals surface area contributed by atoms with Gasteiger partial charge >= 0.3 is 0 Å². The number of hydrogen-bond donors (Lipinski definition) is 1. The Bertz CT molecular complexity index is 368. The topological polar surface area (TPSA) is 24.5 Å². The Morgan fingerprint density at radius 2 is 1.75 bits per heavy atom. The molecule has 114 valence electrons. The summed E-state index contributed by atoms with van der Waals surface area (Å²) in [6.07, 6.45) is 1.22. The highest BCUT2D eigenvalue weighted by Gasteiger charge is 2.08. The molecule has 0 aliphatic heterocycles. The summed E-state index contributed by atoms with van der Waals surface area (Å²) in [7, 11) is 3.86. The molecule has 3 nitrogen and oxygen atoms in total. The molecule has 3 heteroatoms. The molecular formula is C17H30N2O. The predicted molar refractivity (Wildman–Crippen MR) is 86.3 cm³/mol. The van der Waals surface area contributed by atoms with Crippen molar-refractivity contribution in [1.82, 2.24) is 10.2 Å². The Kier molecular flexibility index (Phi) is 7.03. The maximum Gasteiger partial charge on any atom is 0.118 e. The molecule has 20 heavy (non-hydrogen) atoms. The lowest BCUT2D eigenvalue weighted by atomic mass is 9.92. The first-order valence-corrected chi connectivity index (χ1v) is 7.43. The molecule has 0 radical (unpaired) electrons. The summed E-state index contributed by atoms with van der Waals surface area (Å²) in [5.41, 5.74) is 1.74. The van der Waals surface area contributed by atoms with E-state index in [1.807, 2.05) is 12.1 Å². The second-order valence-corrected chi connectivity index (χ2v) is 6.65. The van der Waals surface area contributed by atoms with Crippen LogP contribution in [0.15, 0.2) is 24.3 Å². The van der Waals surface area contributed by atoms with Gasteiger partial charge in [0, 0.05) is 19.6 Å². The Morgan fingerprint density at radius 3 is 2.30 bits per heavy atom. The van der Waals surface area contributed by atoms with Crippen LogP contribution in [0.5, 0.6) is 5.75 Å². The van der Waals surface area contributed by atoms with Crippen molar-refractivity contribution < 1.29 is 4.74 Å². The molecular weight excluding hydrogens is 248 g/mol. The summed E-state index contributed by atoms with van der Waals surface area (Å²) < 4.78 is 5.17. The first-order valence-electron chi connectivity index (χ1n) is 7.43. The summed E-state index contributed by atoms with van der Waals surface area (Å²) in [6, 6.07) is 8.29. The normalized spacial score (nSPS) is 11.9. The SMILES string of the molecule is COc1ccc(CN(C)CCNCCC(C)(C)C)cc1. The first kappa shape index (κ1) is 17.0. The minimum atomic E-state index is 0.419. The van der Waals surface area contributed by atoms with Gasteiger partial charge in [-0.2, -0.15) is 0 Å². The van der Waals surface area contributed by atoms with Gasteiger partial charge in [-0.15, -0.1) is 0 Å². The molecule has 0 unspecified atom stereocenters. The van der Waals surface area contributed by atoms with Gasteiger partial charge in [0.2, 0.25) is 0 Å². The number of rotatable bonds is 8. The maximum atomic E-state index is 5.17. The van der Waals surface area contributed by atoms with Crippen molar-refractivity contribution in [1.29, 1.82) is 0 Å². The summed E-state index contributed by atoms with van der Waals surface area (Å²) in [4.78, 5) is 2.34. The highest BCUT2D eigenvalue weighted by molar-refractivity contribution is 5.26. The van der Waals surface area contributed by atoms with E-state index >= 15 is 0 Å². The van der Waals surface area contributed by atoms with Crippen LogP contribution < -0.4 is 10.1 Å². The zero-order valence-corrected chi connectivity index (χ0v) is 13.7. The minimum Gasteiger partial charge on any atom is -0.497 e. The Balaban J connectivity index is 2.18. The van der Waals surface area contributed by atoms with Crippen molar-refractivity contribution in [3.63, 3.8) is 0 Å². The van der Waals surface area contributed by atoms with E-state index < -0.39 is 0 Å². The lowest BCUT2D eigenvalue weighted by molar-refractivity contribution is 0.314. The third kappa shape index (κ3) is 7.51. The third-order valence-corrected chi connectivity index (χ3v) is 3.33. The van der Waals surface area contributed by atoms with E-state index in [1.54, 1.807) is 7.11 Å². The molecule has 0 aromatic heterocycles. The second kappa shape index (κ2) is 8.28. The summed E-state index contributed by atoms with van der Waals surface area (Å²) in [6.45, 7) is 11.0. The number of nitrogens with zero attached hydrogens (tertiary/aromatic N) is 1. The Hall–Kier alpha value is -1.06. The highest BCUT2D eigenvalue weighted by atomic mass is 16.5. The van der Waals surface area contributed by atoms with Crippen LogP contribution in [-0.4, -0.2) is 38.7 Å². The molecule has 1 aromatic carbocycles. The van der Waals surface area contributed by atoms with Gasteiger partial charge in [0.25, 0.3) is 0 Å². The van der Waals surface area contributed by atoms with E-state index in [0.717, 1.165) is 31.9 Å². The van der Waals surface area contributed by atoms with Crippen molar-refractivity contribution in [2.75, 3.05) is 33.8 Å². The number of nitrogens with one attached hydrogen (secondary N) is 1. The molecule has 1 N–H and O–H groups in total. The van der Waals surface area contributed by atoms with Crippen LogP contribution in [0.3, 0.4) is 0 Å². The lowest BCUT2D eigenvalue weighted by Gasteiger charge is -2.20. The smallest absolute Gasteiger partial charge is 0.118 e. The quantitative estimate of drug-likeness (QED) is 0.739. The van der Waals surface area contributed by atoms with Gasteiger partial charge < -0.3 is 15.0 Å². The Morgan fingerprint density at radius 1 is 1.10 bits per heavy atom. The van der Waals surface area contributed by atoms with Crippen LogP contribution in [0.25, 0.3) is 0 Å². The molecule has 0 bridgehead atoms. The van der Waals surface area contributed by atoms with Crippen LogP contribution in [0.4, 0.5) is 0 Å². The monoisotopic (exact) mass is 278 g/mol. The second-order valence-electron chi connectivity index (χ2n) is 6.65. The molecule has 0 amide bonds. The van der Waals surface area contributed by atoms with Crippen LogP contribution in [0.1, 0.15) is 32.8 Å². The van der Waals surface area contributed by atoms with Gasteiger partial charge in [-0.25, -0.2) is 0 Å². The van der Waals surface area contributed by atoms with E-state index in [9.17, 15) is 0 Å². The van der Waals surface area contributed by atoms with Gasteiger partial charge in [0.15, 0.2) is 0 Å². The zero-order valence-electron chi connectivity index (χ0n) is 13.7. The van der Waals surface area contributed by atoms with Crippen molar-refractivity contribution in [3.05, 3.63) is 29.8 Å². The van der Waals surface area contributed by atoms with E-state index in [4.69, 9.17) is 4.74 Å². The van der Waals surface area contributed by atoms with Crippen molar-refractivity contribution in [2.45, 2.75) is 33.7 Å². The fourth-order valence-electron chi connectivity index (χ4n) is 1.98. The van der Waals surface area contributed by atoms with E-state index in [-0.39, 0.29) is 0 Å². The van der Waals surface area contributed by atoms with Crippen molar-refractivity contribution in [3.8, 4) is 5.75 Å². The average molecular weight is 278 g/mol. The standard InChI is InChI=1S/C17H30N2O/c1-17(2,3)10-11-18-12-13-19(4)14-15-6-8-16(20-5)9-7-15/h6-9,18H,10-14H2,1-5H3. The Labute approximate surface area is 124 Å². The molecule has 0 heterocycles. The fourth-order valence-corrected chi connectivity index (χ4v) is 1.98. The van der Waals surface area contributed by atoms with E-state index in [2.05, 4.69) is 50.2 Å². The van der Waals surface area contributed by atoms with E-state index in [1.165, 1.54) is 12.0 Å². The van der Waals surface area contributed by atoms with Crippen molar-refractivity contribution >= 4 is 0 Å². The molecule has 1 aromatic rings. The van der Waals surface area contributed by atoms with Gasteiger partial charge in [-0.05, 0) is 43.1 Å². The molecule has 0 spiro atoms. The first-order chi connectivity index (χ1) is 9.40. The van der Waals surface area contributed by atoms with Crippen LogP contribution in [0.2, 0.25) is 0 Å². The third-order valence-electron chi connectivity index (χ3n) is 3.33. The highest BCUT2D eigenvalue weighted by Crippen LogP contribution is 2.16. The summed E-state index contributed by atoms with van der Waals surface area (Å²) >= 11 is 0. The fraction of sp³-hybridized carbons (Fsp3) is 0.647. The molecule has 0 fully saturated rings. The maximum absolute atomic E-state index is 5.17. The van der Waals surface area contributed by atoms with Gasteiger partial charge in [0.1, 0.15) is 5.75 Å². The van der Waals surface area contributed by atoms with Crippen LogP contribution >= 0.6 is 0 Å². The molecule has 0 atom stereocenters. The lowest BCUT2D eigenvalue weighted by Crippen LogP contribution is -2.30. The molecule has 0 saturated carbocycles. The van der Waals surface area contributed by atoms with Crippen molar-refractivity contribution in [2.24, 2.45) is 5.41 Å². The van der Waals surface area contributed by atoms with E-state index in [0.29, 0.717) is 5.41 Å². The summed E-state index contributed by atoms with van der Waals surface area (Å²) in [5.74, 6) is 0.917. The molecule has 0 aliphatic rings.